The average molecular weight is 366 g/mol. The van der Waals surface area contributed by atoms with Crippen LogP contribution in [0.15, 0.2) is 11.4 Å². The molecular formula is C21H35NO2S. The second-order valence-electron chi connectivity index (χ2n) is 8.01. The summed E-state index contributed by atoms with van der Waals surface area (Å²) in [7, 11) is 4.06. The SMILES string of the molecule is CCCC1(CCN(C)CC2CCCCC2)OC(OC)Cc2sccc21. The van der Waals surface area contributed by atoms with Crippen molar-refractivity contribution in [3.05, 3.63) is 21.9 Å². The van der Waals surface area contributed by atoms with Crippen molar-refractivity contribution in [3.8, 4) is 0 Å². The van der Waals surface area contributed by atoms with Crippen LogP contribution >= 0.6 is 11.3 Å². The van der Waals surface area contributed by atoms with Crippen molar-refractivity contribution in [1.29, 1.82) is 0 Å². The Morgan fingerprint density at radius 3 is 2.80 bits per heavy atom. The van der Waals surface area contributed by atoms with E-state index in [1.807, 2.05) is 11.3 Å². The number of rotatable bonds is 8. The second-order valence-corrected chi connectivity index (χ2v) is 9.01. The maximum atomic E-state index is 6.55. The first-order valence-corrected chi connectivity index (χ1v) is 11.0. The van der Waals surface area contributed by atoms with Gasteiger partial charge in [0.2, 0.25) is 0 Å². The summed E-state index contributed by atoms with van der Waals surface area (Å²) >= 11 is 1.86. The Labute approximate surface area is 157 Å². The standard InChI is InChI=1S/C21H35NO2S/c1-4-11-21(12-13-22(2)16-17-8-6-5-7-9-17)18-10-14-25-19(18)15-20(23-3)24-21/h10,14,17,20H,4-9,11-13,15-16H2,1-3H3. The molecule has 0 aromatic carbocycles. The van der Waals surface area contributed by atoms with Gasteiger partial charge in [-0.15, -0.1) is 11.3 Å². The van der Waals surface area contributed by atoms with Crippen LogP contribution in [0, 0.1) is 5.92 Å². The molecule has 0 saturated heterocycles. The van der Waals surface area contributed by atoms with Gasteiger partial charge < -0.3 is 14.4 Å². The summed E-state index contributed by atoms with van der Waals surface area (Å²) in [6.07, 6.45) is 11.2. The van der Waals surface area contributed by atoms with E-state index in [0.717, 1.165) is 38.1 Å². The molecule has 1 fully saturated rings. The van der Waals surface area contributed by atoms with Gasteiger partial charge in [0.05, 0.1) is 5.60 Å². The maximum absolute atomic E-state index is 6.55. The van der Waals surface area contributed by atoms with Crippen LogP contribution in [0.5, 0.6) is 0 Å². The van der Waals surface area contributed by atoms with Gasteiger partial charge in [-0.25, -0.2) is 0 Å². The molecule has 2 atom stereocenters. The molecule has 3 nitrogen and oxygen atoms in total. The van der Waals surface area contributed by atoms with Crippen LogP contribution in [-0.4, -0.2) is 38.4 Å². The van der Waals surface area contributed by atoms with E-state index in [4.69, 9.17) is 9.47 Å². The van der Waals surface area contributed by atoms with Crippen molar-refractivity contribution in [2.45, 2.75) is 76.6 Å². The van der Waals surface area contributed by atoms with Gasteiger partial charge in [-0.2, -0.15) is 0 Å². The molecule has 0 spiro atoms. The third kappa shape index (κ3) is 4.65. The summed E-state index contributed by atoms with van der Waals surface area (Å²) in [4.78, 5) is 4.00. The Kier molecular flexibility index (Phi) is 6.95. The lowest BCUT2D eigenvalue weighted by Gasteiger charge is -2.42. The molecule has 3 rings (SSSR count). The van der Waals surface area contributed by atoms with Gasteiger partial charge in [-0.05, 0) is 55.7 Å². The number of fused-ring (bicyclic) bond motifs is 1. The molecule has 2 aliphatic rings. The third-order valence-electron chi connectivity index (χ3n) is 6.05. The zero-order valence-electron chi connectivity index (χ0n) is 16.3. The fraction of sp³-hybridized carbons (Fsp3) is 0.810. The van der Waals surface area contributed by atoms with E-state index in [1.54, 1.807) is 7.11 Å². The fourth-order valence-electron chi connectivity index (χ4n) is 4.73. The van der Waals surface area contributed by atoms with Crippen LogP contribution in [0.25, 0.3) is 0 Å². The first-order chi connectivity index (χ1) is 12.2. The average Bonchev–Trinajstić information content (AvgIpc) is 3.10. The van der Waals surface area contributed by atoms with E-state index in [1.165, 1.54) is 49.1 Å². The molecule has 142 valence electrons. The molecule has 2 unspecified atom stereocenters. The minimum absolute atomic E-state index is 0.0960. The molecule has 0 radical (unpaired) electrons. The molecule has 1 aromatic rings. The van der Waals surface area contributed by atoms with Crippen LogP contribution in [0.2, 0.25) is 0 Å². The lowest BCUT2D eigenvalue weighted by molar-refractivity contribution is -0.219. The molecule has 0 bridgehead atoms. The molecule has 1 aliphatic heterocycles. The van der Waals surface area contributed by atoms with E-state index in [0.29, 0.717) is 0 Å². The fourth-order valence-corrected chi connectivity index (χ4v) is 5.72. The van der Waals surface area contributed by atoms with E-state index < -0.39 is 0 Å². The van der Waals surface area contributed by atoms with Crippen molar-refractivity contribution >= 4 is 11.3 Å². The summed E-state index contributed by atoms with van der Waals surface area (Å²) in [5, 5.41) is 2.22. The molecule has 2 heterocycles. The summed E-state index contributed by atoms with van der Waals surface area (Å²) in [5.41, 5.74) is 1.27. The van der Waals surface area contributed by atoms with Crippen molar-refractivity contribution in [1.82, 2.24) is 4.90 Å². The van der Waals surface area contributed by atoms with Crippen LogP contribution in [0.1, 0.15) is 68.7 Å². The van der Waals surface area contributed by atoms with Crippen LogP contribution in [-0.2, 0) is 21.5 Å². The summed E-state index contributed by atoms with van der Waals surface area (Å²) < 4.78 is 12.2. The summed E-state index contributed by atoms with van der Waals surface area (Å²) in [6.45, 7) is 4.61. The molecule has 25 heavy (non-hydrogen) atoms. The summed E-state index contributed by atoms with van der Waals surface area (Å²) in [5.74, 6) is 0.900. The highest BCUT2D eigenvalue weighted by Gasteiger charge is 2.41. The van der Waals surface area contributed by atoms with E-state index in [9.17, 15) is 0 Å². The molecule has 1 aromatic heterocycles. The molecule has 1 aliphatic carbocycles. The van der Waals surface area contributed by atoms with Gasteiger partial charge in [0.25, 0.3) is 0 Å². The highest BCUT2D eigenvalue weighted by Crippen LogP contribution is 2.44. The van der Waals surface area contributed by atoms with Crippen molar-refractivity contribution in [2.24, 2.45) is 5.92 Å². The molecule has 4 heteroatoms. The highest BCUT2D eigenvalue weighted by molar-refractivity contribution is 7.10. The number of ether oxygens (including phenoxy) is 2. The van der Waals surface area contributed by atoms with E-state index in [-0.39, 0.29) is 11.9 Å². The van der Waals surface area contributed by atoms with E-state index >= 15 is 0 Å². The van der Waals surface area contributed by atoms with Gasteiger partial charge in [-0.3, -0.25) is 0 Å². The van der Waals surface area contributed by atoms with Crippen molar-refractivity contribution < 1.29 is 9.47 Å². The zero-order chi connectivity index (χ0) is 17.7. The largest absolute Gasteiger partial charge is 0.355 e. The Morgan fingerprint density at radius 1 is 1.28 bits per heavy atom. The van der Waals surface area contributed by atoms with Crippen LogP contribution in [0.4, 0.5) is 0 Å². The Hall–Kier alpha value is -0.420. The molecular weight excluding hydrogens is 330 g/mol. The van der Waals surface area contributed by atoms with Crippen LogP contribution < -0.4 is 0 Å². The smallest absolute Gasteiger partial charge is 0.163 e. The second kappa shape index (κ2) is 8.98. The molecule has 0 amide bonds. The topological polar surface area (TPSA) is 21.7 Å². The Morgan fingerprint density at radius 2 is 2.08 bits per heavy atom. The quantitative estimate of drug-likeness (QED) is 0.633. The van der Waals surface area contributed by atoms with E-state index in [2.05, 4.69) is 30.3 Å². The first kappa shape index (κ1) is 19.3. The van der Waals surface area contributed by atoms with Crippen LogP contribution in [0.3, 0.4) is 0 Å². The Balaban J connectivity index is 1.66. The normalized spacial score (nSPS) is 27.6. The molecule has 1 saturated carbocycles. The summed E-state index contributed by atoms with van der Waals surface area (Å²) in [6, 6.07) is 2.29. The van der Waals surface area contributed by atoms with Gasteiger partial charge in [0, 0.05) is 31.5 Å². The number of hydrogen-bond donors (Lipinski definition) is 0. The predicted molar refractivity (Wildman–Crippen MR) is 105 cm³/mol. The highest BCUT2D eigenvalue weighted by atomic mass is 32.1. The van der Waals surface area contributed by atoms with Gasteiger partial charge in [0.15, 0.2) is 6.29 Å². The minimum Gasteiger partial charge on any atom is -0.355 e. The van der Waals surface area contributed by atoms with Gasteiger partial charge in [0.1, 0.15) is 0 Å². The zero-order valence-corrected chi connectivity index (χ0v) is 17.1. The monoisotopic (exact) mass is 365 g/mol. The van der Waals surface area contributed by atoms with Crippen molar-refractivity contribution in [3.63, 3.8) is 0 Å². The molecule has 0 N–H and O–H groups in total. The number of nitrogens with zero attached hydrogens (tertiary/aromatic N) is 1. The lowest BCUT2D eigenvalue weighted by Crippen LogP contribution is -2.43. The first-order valence-electron chi connectivity index (χ1n) is 10.1. The number of methoxy groups -OCH3 is 1. The number of thiophene rings is 1. The lowest BCUT2D eigenvalue weighted by atomic mass is 9.83. The Bertz CT molecular complexity index is 526. The predicted octanol–water partition coefficient (Wildman–Crippen LogP) is 5.19. The minimum atomic E-state index is -0.163. The van der Waals surface area contributed by atoms with Gasteiger partial charge in [-0.1, -0.05) is 32.6 Å². The van der Waals surface area contributed by atoms with Gasteiger partial charge >= 0.3 is 0 Å². The third-order valence-corrected chi connectivity index (χ3v) is 7.00. The number of hydrogen-bond acceptors (Lipinski definition) is 4. The maximum Gasteiger partial charge on any atom is 0.163 e. The van der Waals surface area contributed by atoms with Crippen molar-refractivity contribution in [2.75, 3.05) is 27.2 Å².